The van der Waals surface area contributed by atoms with E-state index in [9.17, 15) is 4.39 Å². The zero-order valence-electron chi connectivity index (χ0n) is 10.8. The van der Waals surface area contributed by atoms with Crippen LogP contribution in [0.15, 0.2) is 22.7 Å². The molecule has 4 nitrogen and oxygen atoms in total. The van der Waals surface area contributed by atoms with Gasteiger partial charge in [0.05, 0.1) is 5.02 Å². The number of likely N-dealkylation sites (N-methyl/N-ethyl adjacent to an activating group) is 1. The van der Waals surface area contributed by atoms with E-state index in [4.69, 9.17) is 16.1 Å². The van der Waals surface area contributed by atoms with Crippen molar-refractivity contribution in [1.82, 2.24) is 15.5 Å². The average Bonchev–Trinajstić information content (AvgIpc) is 2.87. The second-order valence-corrected chi connectivity index (χ2v) is 4.65. The van der Waals surface area contributed by atoms with Gasteiger partial charge in [-0.3, -0.25) is 0 Å². The highest BCUT2D eigenvalue weighted by molar-refractivity contribution is 6.31. The molecule has 0 spiro atoms. The predicted octanol–water partition coefficient (Wildman–Crippen LogP) is 3.07. The Morgan fingerprint density at radius 1 is 1.47 bits per heavy atom. The molecule has 1 aromatic carbocycles. The lowest BCUT2D eigenvalue weighted by Crippen LogP contribution is -2.26. The number of aromatic nitrogens is 2. The first-order valence-electron chi connectivity index (χ1n) is 6.09. The molecular weight excluding hydrogens is 269 g/mol. The van der Waals surface area contributed by atoms with Crippen LogP contribution in [0.2, 0.25) is 5.02 Å². The molecule has 0 saturated carbocycles. The van der Waals surface area contributed by atoms with Crippen molar-refractivity contribution in [3.63, 3.8) is 0 Å². The minimum absolute atomic E-state index is 0.0468. The van der Waals surface area contributed by atoms with Gasteiger partial charge in [0.2, 0.25) is 11.7 Å². The van der Waals surface area contributed by atoms with E-state index in [1.165, 1.54) is 12.1 Å². The number of hydrogen-bond acceptors (Lipinski definition) is 4. The van der Waals surface area contributed by atoms with Crippen LogP contribution < -0.4 is 5.32 Å². The Kier molecular flexibility index (Phi) is 4.50. The van der Waals surface area contributed by atoms with Crippen LogP contribution in [0, 0.1) is 5.82 Å². The summed E-state index contributed by atoms with van der Waals surface area (Å²) >= 11 is 5.73. The number of halogens is 2. The van der Waals surface area contributed by atoms with Crippen LogP contribution in [-0.4, -0.2) is 23.2 Å². The Hall–Kier alpha value is -1.46. The predicted molar refractivity (Wildman–Crippen MR) is 71.5 cm³/mol. The van der Waals surface area contributed by atoms with Gasteiger partial charge < -0.3 is 9.84 Å². The molecule has 102 valence electrons. The number of rotatable bonds is 5. The van der Waals surface area contributed by atoms with Crippen molar-refractivity contribution in [3.8, 4) is 11.4 Å². The molecule has 0 saturated heterocycles. The minimum atomic E-state index is -0.463. The van der Waals surface area contributed by atoms with Crippen LogP contribution >= 0.6 is 11.6 Å². The zero-order valence-corrected chi connectivity index (χ0v) is 11.5. The zero-order chi connectivity index (χ0) is 13.8. The van der Waals surface area contributed by atoms with E-state index in [1.807, 2.05) is 7.05 Å². The normalized spacial score (nSPS) is 12.6. The van der Waals surface area contributed by atoms with Gasteiger partial charge in [0.15, 0.2) is 0 Å². The van der Waals surface area contributed by atoms with Gasteiger partial charge in [-0.25, -0.2) is 4.39 Å². The Bertz CT molecular complexity index is 555. The highest BCUT2D eigenvalue weighted by Gasteiger charge is 2.13. The van der Waals surface area contributed by atoms with Gasteiger partial charge in [-0.05, 0) is 31.7 Å². The van der Waals surface area contributed by atoms with E-state index in [-0.39, 0.29) is 5.02 Å². The Labute approximate surface area is 116 Å². The maximum atomic E-state index is 13.1. The summed E-state index contributed by atoms with van der Waals surface area (Å²) in [5, 5.41) is 7.10. The first-order chi connectivity index (χ1) is 9.13. The monoisotopic (exact) mass is 283 g/mol. The van der Waals surface area contributed by atoms with Gasteiger partial charge in [-0.15, -0.1) is 0 Å². The fraction of sp³-hybridized carbons (Fsp3) is 0.385. The van der Waals surface area contributed by atoms with Crippen LogP contribution in [0.3, 0.4) is 0 Å². The Morgan fingerprint density at radius 3 is 2.89 bits per heavy atom. The third-order valence-corrected chi connectivity index (χ3v) is 3.26. The third kappa shape index (κ3) is 3.30. The molecule has 0 aliphatic rings. The second-order valence-electron chi connectivity index (χ2n) is 4.24. The lowest BCUT2D eigenvalue weighted by atomic mass is 10.1. The first-order valence-corrected chi connectivity index (χ1v) is 6.47. The number of nitrogens with one attached hydrogen (secondary N) is 1. The molecule has 0 aliphatic carbocycles. The molecular formula is C13H15ClFN3O. The van der Waals surface area contributed by atoms with Crippen molar-refractivity contribution < 1.29 is 8.91 Å². The largest absolute Gasteiger partial charge is 0.339 e. The van der Waals surface area contributed by atoms with Crippen molar-refractivity contribution in [3.05, 3.63) is 34.9 Å². The summed E-state index contributed by atoms with van der Waals surface area (Å²) in [5.74, 6) is 0.509. The van der Waals surface area contributed by atoms with Crippen molar-refractivity contribution >= 4 is 11.6 Å². The van der Waals surface area contributed by atoms with Gasteiger partial charge in [-0.1, -0.05) is 23.7 Å². The fourth-order valence-electron chi connectivity index (χ4n) is 1.75. The molecule has 0 fully saturated rings. The maximum absolute atomic E-state index is 13.1. The van der Waals surface area contributed by atoms with E-state index in [0.717, 1.165) is 6.42 Å². The van der Waals surface area contributed by atoms with Crippen molar-refractivity contribution in [2.45, 2.75) is 25.8 Å². The van der Waals surface area contributed by atoms with Crippen molar-refractivity contribution in [2.75, 3.05) is 7.05 Å². The van der Waals surface area contributed by atoms with Gasteiger partial charge in [-0.2, -0.15) is 4.98 Å². The molecule has 0 aliphatic heterocycles. The summed E-state index contributed by atoms with van der Waals surface area (Å²) in [6.45, 7) is 2.08. The van der Waals surface area contributed by atoms with Gasteiger partial charge >= 0.3 is 0 Å². The molecule has 0 bridgehead atoms. The summed E-state index contributed by atoms with van der Waals surface area (Å²) in [7, 11) is 1.89. The number of hydrogen-bond donors (Lipinski definition) is 1. The lowest BCUT2D eigenvalue weighted by molar-refractivity contribution is 0.359. The SMILES string of the molecule is CCC(Cc1nc(-c2ccc(F)c(Cl)c2)no1)NC. The van der Waals surface area contributed by atoms with Crippen LogP contribution in [-0.2, 0) is 6.42 Å². The molecule has 1 aromatic heterocycles. The summed E-state index contributed by atoms with van der Waals surface area (Å²) in [4.78, 5) is 4.29. The summed E-state index contributed by atoms with van der Waals surface area (Å²) in [6, 6.07) is 4.65. The molecule has 0 amide bonds. The quantitative estimate of drug-likeness (QED) is 0.916. The molecule has 1 N–H and O–H groups in total. The van der Waals surface area contributed by atoms with E-state index < -0.39 is 5.82 Å². The fourth-order valence-corrected chi connectivity index (χ4v) is 1.93. The molecule has 2 aromatic rings. The molecule has 6 heteroatoms. The van der Waals surface area contributed by atoms with Crippen LogP contribution in [0.4, 0.5) is 4.39 Å². The summed E-state index contributed by atoms with van der Waals surface area (Å²) in [6.07, 6.45) is 1.63. The highest BCUT2D eigenvalue weighted by Crippen LogP contribution is 2.23. The molecule has 1 heterocycles. The second kappa shape index (κ2) is 6.12. The van der Waals surface area contributed by atoms with Gasteiger partial charge in [0, 0.05) is 18.0 Å². The van der Waals surface area contributed by atoms with E-state index in [1.54, 1.807) is 6.07 Å². The molecule has 0 radical (unpaired) electrons. The summed E-state index contributed by atoms with van der Waals surface area (Å²) in [5.41, 5.74) is 0.638. The smallest absolute Gasteiger partial charge is 0.228 e. The van der Waals surface area contributed by atoms with Gasteiger partial charge in [0.25, 0.3) is 0 Å². The Morgan fingerprint density at radius 2 is 2.26 bits per heavy atom. The van der Waals surface area contributed by atoms with Crippen LogP contribution in [0.25, 0.3) is 11.4 Å². The number of nitrogens with zero attached hydrogens (tertiary/aromatic N) is 2. The molecule has 1 atom stereocenters. The Balaban J connectivity index is 2.18. The highest BCUT2D eigenvalue weighted by atomic mass is 35.5. The van der Waals surface area contributed by atoms with Crippen molar-refractivity contribution in [1.29, 1.82) is 0 Å². The van der Waals surface area contributed by atoms with Gasteiger partial charge in [0.1, 0.15) is 5.82 Å². The van der Waals surface area contributed by atoms with Crippen molar-refractivity contribution in [2.24, 2.45) is 0 Å². The number of benzene rings is 1. The van der Waals surface area contributed by atoms with Crippen LogP contribution in [0.1, 0.15) is 19.2 Å². The topological polar surface area (TPSA) is 51.0 Å². The third-order valence-electron chi connectivity index (χ3n) is 2.97. The summed E-state index contributed by atoms with van der Waals surface area (Å²) < 4.78 is 18.3. The molecule has 19 heavy (non-hydrogen) atoms. The minimum Gasteiger partial charge on any atom is -0.339 e. The molecule has 2 rings (SSSR count). The van der Waals surface area contributed by atoms with E-state index in [2.05, 4.69) is 22.4 Å². The van der Waals surface area contributed by atoms with E-state index in [0.29, 0.717) is 29.7 Å². The van der Waals surface area contributed by atoms with E-state index >= 15 is 0 Å². The maximum Gasteiger partial charge on any atom is 0.228 e. The molecule has 1 unspecified atom stereocenters. The van der Waals surface area contributed by atoms with Crippen LogP contribution in [0.5, 0.6) is 0 Å². The lowest BCUT2D eigenvalue weighted by Gasteiger charge is -2.09. The first kappa shape index (κ1) is 14.0. The standard InChI is InChI=1S/C13H15ClFN3O/c1-3-9(16-2)7-12-17-13(18-19-12)8-4-5-11(15)10(14)6-8/h4-6,9,16H,3,7H2,1-2H3. The average molecular weight is 284 g/mol.